The number of nitrogens with zero attached hydrogens (tertiary/aromatic N) is 2. The number of aryl methyl sites for hydroxylation is 1. The summed E-state index contributed by atoms with van der Waals surface area (Å²) < 4.78 is 7.13. The molecule has 1 aromatic heterocycles. The predicted octanol–water partition coefficient (Wildman–Crippen LogP) is 5.99. The maximum absolute atomic E-state index is 11.9. The molecule has 0 radical (unpaired) electrons. The van der Waals surface area contributed by atoms with E-state index >= 15 is 0 Å². The summed E-state index contributed by atoms with van der Waals surface area (Å²) in [5.74, 6) is -0.330. The summed E-state index contributed by atoms with van der Waals surface area (Å²) >= 11 is 6.07. The number of allylic oxidation sites excluding steroid dienone is 1. The van der Waals surface area contributed by atoms with Crippen LogP contribution in [0.2, 0.25) is 5.02 Å². The zero-order valence-electron chi connectivity index (χ0n) is 16.6. The Morgan fingerprint density at radius 1 is 1.14 bits per heavy atom. The van der Waals surface area contributed by atoms with Gasteiger partial charge < -0.3 is 9.30 Å². The lowest BCUT2D eigenvalue weighted by molar-refractivity contribution is 0.0526. The Morgan fingerprint density at radius 3 is 2.48 bits per heavy atom. The summed E-state index contributed by atoms with van der Waals surface area (Å²) in [5.41, 5.74) is 5.77. The van der Waals surface area contributed by atoms with Crippen molar-refractivity contribution in [3.63, 3.8) is 0 Å². The summed E-state index contributed by atoms with van der Waals surface area (Å²) in [4.78, 5) is 11.9. The molecule has 0 aliphatic rings. The molecule has 146 valence electrons. The maximum atomic E-state index is 11.9. The molecule has 0 spiro atoms. The second-order valence-electron chi connectivity index (χ2n) is 6.61. The van der Waals surface area contributed by atoms with E-state index in [-0.39, 0.29) is 5.97 Å². The van der Waals surface area contributed by atoms with E-state index in [1.807, 2.05) is 50.3 Å². The molecule has 1 heterocycles. The second kappa shape index (κ2) is 8.81. The minimum Gasteiger partial charge on any atom is -0.462 e. The van der Waals surface area contributed by atoms with E-state index in [0.717, 1.165) is 28.2 Å². The fourth-order valence-electron chi connectivity index (χ4n) is 3.28. The largest absolute Gasteiger partial charge is 0.462 e. The van der Waals surface area contributed by atoms with Crippen molar-refractivity contribution in [2.24, 2.45) is 0 Å². The van der Waals surface area contributed by atoms with Gasteiger partial charge >= 0.3 is 5.97 Å². The van der Waals surface area contributed by atoms with E-state index in [1.165, 1.54) is 0 Å². The van der Waals surface area contributed by atoms with Crippen LogP contribution in [0.5, 0.6) is 0 Å². The zero-order valence-corrected chi connectivity index (χ0v) is 17.3. The number of carbonyl (C=O) groups is 1. The van der Waals surface area contributed by atoms with Crippen LogP contribution in [0.4, 0.5) is 0 Å². The third-order valence-corrected chi connectivity index (χ3v) is 4.90. The molecular weight excluding hydrogens is 384 g/mol. The number of aromatic nitrogens is 1. The highest BCUT2D eigenvalue weighted by Crippen LogP contribution is 2.26. The van der Waals surface area contributed by atoms with Gasteiger partial charge in [-0.05, 0) is 80.4 Å². The molecule has 0 saturated heterocycles. The third-order valence-electron chi connectivity index (χ3n) is 4.66. The average Bonchev–Trinajstić information content (AvgIpc) is 2.99. The quantitative estimate of drug-likeness (QED) is 0.387. The number of hydrogen-bond donors (Lipinski definition) is 0. The summed E-state index contributed by atoms with van der Waals surface area (Å²) in [7, 11) is 0. The van der Waals surface area contributed by atoms with Crippen LogP contribution in [0.1, 0.15) is 39.8 Å². The Morgan fingerprint density at radius 2 is 1.86 bits per heavy atom. The van der Waals surface area contributed by atoms with Gasteiger partial charge in [0.1, 0.15) is 0 Å². The van der Waals surface area contributed by atoms with E-state index in [0.29, 0.717) is 22.8 Å². The van der Waals surface area contributed by atoms with Crippen molar-refractivity contribution in [2.75, 3.05) is 6.61 Å². The first-order valence-electron chi connectivity index (χ1n) is 9.28. The molecule has 3 rings (SSSR count). The number of esters is 1. The van der Waals surface area contributed by atoms with Crippen molar-refractivity contribution in [3.8, 4) is 11.8 Å². The molecule has 2 aromatic carbocycles. The van der Waals surface area contributed by atoms with E-state index in [2.05, 4.69) is 10.6 Å². The first-order valence-corrected chi connectivity index (χ1v) is 9.66. The molecule has 5 heteroatoms. The highest BCUT2D eigenvalue weighted by atomic mass is 35.5. The molecule has 4 nitrogen and oxygen atoms in total. The summed E-state index contributed by atoms with van der Waals surface area (Å²) in [5, 5.41) is 10.2. The van der Waals surface area contributed by atoms with Crippen LogP contribution in [-0.2, 0) is 4.74 Å². The minimum atomic E-state index is -0.330. The van der Waals surface area contributed by atoms with Gasteiger partial charge in [0, 0.05) is 22.1 Å². The van der Waals surface area contributed by atoms with Gasteiger partial charge in [-0.1, -0.05) is 23.7 Å². The molecule has 29 heavy (non-hydrogen) atoms. The van der Waals surface area contributed by atoms with Crippen molar-refractivity contribution >= 4 is 29.2 Å². The van der Waals surface area contributed by atoms with Gasteiger partial charge in [0.2, 0.25) is 0 Å². The highest BCUT2D eigenvalue weighted by Gasteiger charge is 2.12. The van der Waals surface area contributed by atoms with Crippen LogP contribution < -0.4 is 0 Å². The number of halogens is 1. The van der Waals surface area contributed by atoms with Gasteiger partial charge in [-0.3, -0.25) is 0 Å². The Labute approximate surface area is 175 Å². The van der Waals surface area contributed by atoms with Gasteiger partial charge in [0.25, 0.3) is 0 Å². The standard InChI is InChI=1S/C24H21ClN2O2/c1-4-29-24(28)18-8-10-23(11-9-18)27-16(2)12-20(17(27)3)13-21(15-26)19-6-5-7-22(25)14-19/h5-14H,4H2,1-3H3/b21-13-. The van der Waals surface area contributed by atoms with Gasteiger partial charge in [-0.25, -0.2) is 4.79 Å². The molecule has 0 saturated carbocycles. The van der Waals surface area contributed by atoms with Crippen molar-refractivity contribution in [3.05, 3.63) is 87.7 Å². The summed E-state index contributed by atoms with van der Waals surface area (Å²) in [6, 6.07) is 18.9. The number of ether oxygens (including phenoxy) is 1. The van der Waals surface area contributed by atoms with E-state index in [4.69, 9.17) is 16.3 Å². The lowest BCUT2D eigenvalue weighted by Gasteiger charge is -2.10. The molecule has 0 fully saturated rings. The fraction of sp³-hybridized carbons (Fsp3) is 0.167. The van der Waals surface area contributed by atoms with Crippen molar-refractivity contribution in [1.29, 1.82) is 5.26 Å². The topological polar surface area (TPSA) is 55.0 Å². The molecular formula is C24H21ClN2O2. The summed E-state index contributed by atoms with van der Waals surface area (Å²) in [6.07, 6.45) is 1.87. The molecule has 0 aliphatic carbocycles. The Balaban J connectivity index is 1.98. The number of carbonyl (C=O) groups excluding carboxylic acids is 1. The highest BCUT2D eigenvalue weighted by molar-refractivity contribution is 6.30. The Kier molecular flexibility index (Phi) is 6.21. The van der Waals surface area contributed by atoms with Crippen LogP contribution in [0.3, 0.4) is 0 Å². The molecule has 0 aliphatic heterocycles. The van der Waals surface area contributed by atoms with E-state index in [1.54, 1.807) is 31.2 Å². The van der Waals surface area contributed by atoms with Crippen molar-refractivity contribution < 1.29 is 9.53 Å². The third kappa shape index (κ3) is 4.42. The van der Waals surface area contributed by atoms with Gasteiger partial charge in [0.05, 0.1) is 23.8 Å². The van der Waals surface area contributed by atoms with Gasteiger partial charge in [-0.15, -0.1) is 0 Å². The zero-order chi connectivity index (χ0) is 21.0. The van der Waals surface area contributed by atoms with Crippen LogP contribution in [-0.4, -0.2) is 17.1 Å². The smallest absolute Gasteiger partial charge is 0.338 e. The van der Waals surface area contributed by atoms with Crippen LogP contribution in [0, 0.1) is 25.2 Å². The van der Waals surface area contributed by atoms with Crippen LogP contribution >= 0.6 is 11.6 Å². The second-order valence-corrected chi connectivity index (χ2v) is 7.05. The monoisotopic (exact) mass is 404 g/mol. The number of hydrogen-bond acceptors (Lipinski definition) is 3. The lowest BCUT2D eigenvalue weighted by Crippen LogP contribution is -2.05. The predicted molar refractivity (Wildman–Crippen MR) is 116 cm³/mol. The van der Waals surface area contributed by atoms with Crippen molar-refractivity contribution in [2.45, 2.75) is 20.8 Å². The normalized spacial score (nSPS) is 11.2. The molecule has 0 N–H and O–H groups in total. The maximum Gasteiger partial charge on any atom is 0.338 e. The molecule has 0 unspecified atom stereocenters. The molecule has 3 aromatic rings. The first kappa shape index (κ1) is 20.4. The minimum absolute atomic E-state index is 0.330. The summed E-state index contributed by atoms with van der Waals surface area (Å²) in [6.45, 7) is 6.15. The number of nitriles is 1. The number of rotatable bonds is 5. The average molecular weight is 405 g/mol. The lowest BCUT2D eigenvalue weighted by atomic mass is 10.0. The fourth-order valence-corrected chi connectivity index (χ4v) is 3.47. The Bertz CT molecular complexity index is 1120. The van der Waals surface area contributed by atoms with E-state index in [9.17, 15) is 10.1 Å². The van der Waals surface area contributed by atoms with Crippen LogP contribution in [0.25, 0.3) is 17.3 Å². The Hall–Kier alpha value is -3.29. The molecule has 0 bridgehead atoms. The van der Waals surface area contributed by atoms with E-state index < -0.39 is 0 Å². The van der Waals surface area contributed by atoms with Crippen LogP contribution in [0.15, 0.2) is 54.6 Å². The molecule has 0 amide bonds. The van der Waals surface area contributed by atoms with Gasteiger partial charge in [-0.2, -0.15) is 5.26 Å². The SMILES string of the molecule is CCOC(=O)c1ccc(-n2c(C)cc(/C=C(/C#N)c3cccc(Cl)c3)c2C)cc1. The molecule has 0 atom stereocenters. The first-order chi connectivity index (χ1) is 13.9. The number of benzene rings is 2. The van der Waals surface area contributed by atoms with Gasteiger partial charge in [0.15, 0.2) is 0 Å². The van der Waals surface area contributed by atoms with Crippen molar-refractivity contribution in [1.82, 2.24) is 4.57 Å².